The van der Waals surface area contributed by atoms with Gasteiger partial charge in [0.05, 0.1) is 6.61 Å². The summed E-state index contributed by atoms with van der Waals surface area (Å²) in [6.07, 6.45) is 0. The quantitative estimate of drug-likeness (QED) is 0.860. The summed E-state index contributed by atoms with van der Waals surface area (Å²) in [6, 6.07) is 5.41. The van der Waals surface area contributed by atoms with Crippen LogP contribution in [0.25, 0.3) is 11.5 Å². The van der Waals surface area contributed by atoms with Gasteiger partial charge in [0.1, 0.15) is 5.75 Å². The predicted octanol–water partition coefficient (Wildman–Crippen LogP) is 3.02. The zero-order chi connectivity index (χ0) is 14.0. The molecule has 0 aliphatic heterocycles. The molecule has 1 heterocycles. The molecule has 0 atom stereocenters. The lowest BCUT2D eigenvalue weighted by Crippen LogP contribution is -2.11. The first-order valence-corrected chi connectivity index (χ1v) is 6.28. The van der Waals surface area contributed by atoms with Gasteiger partial charge in [0, 0.05) is 22.7 Å². The lowest BCUT2D eigenvalue weighted by molar-refractivity contribution is 0.340. The van der Waals surface area contributed by atoms with Crippen molar-refractivity contribution in [1.82, 2.24) is 10.2 Å². The first-order valence-electron chi connectivity index (χ1n) is 6.28. The lowest BCUT2D eigenvalue weighted by Gasteiger charge is -2.11. The Kier molecular flexibility index (Phi) is 3.46. The van der Waals surface area contributed by atoms with Crippen LogP contribution in [0.5, 0.6) is 5.75 Å². The normalized spacial score (nSPS) is 11.6. The zero-order valence-electron chi connectivity index (χ0n) is 11.7. The van der Waals surface area contributed by atoms with Crippen molar-refractivity contribution in [3.05, 3.63) is 24.1 Å². The van der Waals surface area contributed by atoms with Crippen LogP contribution in [0.15, 0.2) is 22.6 Å². The number of nitrogens with two attached hydrogens (primary N) is 1. The summed E-state index contributed by atoms with van der Waals surface area (Å²) in [5.74, 6) is 1.76. The summed E-state index contributed by atoms with van der Waals surface area (Å²) in [7, 11) is 0. The van der Waals surface area contributed by atoms with Crippen molar-refractivity contribution in [3.8, 4) is 17.2 Å². The van der Waals surface area contributed by atoms with E-state index in [-0.39, 0.29) is 5.41 Å². The molecule has 0 aliphatic carbocycles. The van der Waals surface area contributed by atoms with Crippen LogP contribution in [0.2, 0.25) is 0 Å². The Morgan fingerprint density at radius 3 is 2.53 bits per heavy atom. The number of rotatable bonds is 3. The maximum atomic E-state index is 5.85. The molecule has 0 amide bonds. The third-order valence-corrected chi connectivity index (χ3v) is 2.55. The predicted molar refractivity (Wildman–Crippen MR) is 74.0 cm³/mol. The molecule has 0 spiro atoms. The maximum absolute atomic E-state index is 5.85. The molecule has 0 radical (unpaired) electrons. The van der Waals surface area contributed by atoms with E-state index in [9.17, 15) is 0 Å². The summed E-state index contributed by atoms with van der Waals surface area (Å²) in [4.78, 5) is 0. The summed E-state index contributed by atoms with van der Waals surface area (Å²) in [5, 5.41) is 8.14. The van der Waals surface area contributed by atoms with Gasteiger partial charge in [-0.05, 0) is 19.1 Å². The van der Waals surface area contributed by atoms with Gasteiger partial charge in [-0.25, -0.2) is 0 Å². The number of anilines is 1. The third kappa shape index (κ3) is 3.05. The van der Waals surface area contributed by atoms with Crippen molar-refractivity contribution in [1.29, 1.82) is 0 Å². The molecular formula is C14H19N3O2. The van der Waals surface area contributed by atoms with Crippen molar-refractivity contribution in [2.24, 2.45) is 0 Å². The van der Waals surface area contributed by atoms with Crippen LogP contribution in [0.3, 0.4) is 0 Å². The number of hydrogen-bond acceptors (Lipinski definition) is 5. The first kappa shape index (κ1) is 13.4. The minimum Gasteiger partial charge on any atom is -0.494 e. The summed E-state index contributed by atoms with van der Waals surface area (Å²) in [6.45, 7) is 8.58. The summed E-state index contributed by atoms with van der Waals surface area (Å²) < 4.78 is 11.1. The van der Waals surface area contributed by atoms with Crippen LogP contribution in [0.1, 0.15) is 33.6 Å². The van der Waals surface area contributed by atoms with Crippen molar-refractivity contribution < 1.29 is 9.15 Å². The highest BCUT2D eigenvalue weighted by Gasteiger charge is 2.22. The number of aromatic nitrogens is 2. The molecule has 1 aromatic heterocycles. The summed E-state index contributed by atoms with van der Waals surface area (Å²) >= 11 is 0. The number of hydrogen-bond donors (Lipinski definition) is 1. The van der Waals surface area contributed by atoms with Gasteiger partial charge >= 0.3 is 0 Å². The molecule has 2 N–H and O–H groups in total. The van der Waals surface area contributed by atoms with Gasteiger partial charge in [0.15, 0.2) is 0 Å². The van der Waals surface area contributed by atoms with Crippen molar-refractivity contribution >= 4 is 5.69 Å². The Balaban J connectivity index is 2.38. The molecule has 0 unspecified atom stereocenters. The third-order valence-electron chi connectivity index (χ3n) is 2.55. The molecule has 0 saturated heterocycles. The number of ether oxygens (including phenoxy) is 1. The molecule has 0 bridgehead atoms. The van der Waals surface area contributed by atoms with Crippen LogP contribution in [-0.2, 0) is 5.41 Å². The highest BCUT2D eigenvalue weighted by Crippen LogP contribution is 2.29. The van der Waals surface area contributed by atoms with Crippen LogP contribution < -0.4 is 10.5 Å². The van der Waals surface area contributed by atoms with E-state index < -0.39 is 0 Å². The van der Waals surface area contributed by atoms with Crippen LogP contribution in [-0.4, -0.2) is 16.8 Å². The van der Waals surface area contributed by atoms with E-state index in [1.165, 1.54) is 0 Å². The molecule has 0 saturated carbocycles. The average molecular weight is 261 g/mol. The number of nitrogen functional groups attached to an aromatic ring is 1. The van der Waals surface area contributed by atoms with Gasteiger partial charge < -0.3 is 14.9 Å². The van der Waals surface area contributed by atoms with Gasteiger partial charge in [-0.1, -0.05) is 20.8 Å². The van der Waals surface area contributed by atoms with Gasteiger partial charge in [0.25, 0.3) is 0 Å². The Hall–Kier alpha value is -2.04. The second-order valence-corrected chi connectivity index (χ2v) is 5.39. The second kappa shape index (κ2) is 4.91. The maximum Gasteiger partial charge on any atom is 0.247 e. The molecule has 102 valence electrons. The molecule has 0 aliphatic rings. The highest BCUT2D eigenvalue weighted by atomic mass is 16.5. The molecule has 5 heteroatoms. The molecule has 5 nitrogen and oxygen atoms in total. The standard InChI is InChI=1S/C14H19N3O2/c1-5-18-11-7-9(6-10(15)8-11)12-16-17-13(19-12)14(2,3)4/h6-8H,5,15H2,1-4H3. The summed E-state index contributed by atoms with van der Waals surface area (Å²) in [5.41, 5.74) is 7.06. The minimum absolute atomic E-state index is 0.172. The number of benzene rings is 1. The topological polar surface area (TPSA) is 74.2 Å². The first-order chi connectivity index (χ1) is 8.90. The minimum atomic E-state index is -0.172. The lowest BCUT2D eigenvalue weighted by atomic mass is 9.97. The van der Waals surface area contributed by atoms with E-state index in [2.05, 4.69) is 10.2 Å². The monoisotopic (exact) mass is 261 g/mol. The molecule has 19 heavy (non-hydrogen) atoms. The van der Waals surface area contributed by atoms with E-state index in [4.69, 9.17) is 14.9 Å². The van der Waals surface area contributed by atoms with Gasteiger partial charge in [-0.2, -0.15) is 0 Å². The molecule has 0 fully saturated rings. The fraction of sp³-hybridized carbons (Fsp3) is 0.429. The highest BCUT2D eigenvalue weighted by molar-refractivity contribution is 5.63. The fourth-order valence-corrected chi connectivity index (χ4v) is 1.64. The van der Waals surface area contributed by atoms with Crippen molar-refractivity contribution in [2.45, 2.75) is 33.1 Å². The van der Waals surface area contributed by atoms with Crippen LogP contribution in [0, 0.1) is 0 Å². The Morgan fingerprint density at radius 2 is 1.95 bits per heavy atom. The van der Waals surface area contributed by atoms with Crippen LogP contribution in [0.4, 0.5) is 5.69 Å². The van der Waals surface area contributed by atoms with E-state index in [0.717, 1.165) is 5.56 Å². The molecule has 1 aromatic carbocycles. The fourth-order valence-electron chi connectivity index (χ4n) is 1.64. The molecule has 2 aromatic rings. The second-order valence-electron chi connectivity index (χ2n) is 5.39. The van der Waals surface area contributed by atoms with Gasteiger partial charge in [0.2, 0.25) is 11.8 Å². The van der Waals surface area contributed by atoms with E-state index in [1.54, 1.807) is 12.1 Å². The van der Waals surface area contributed by atoms with E-state index >= 15 is 0 Å². The Labute approximate surface area is 112 Å². The van der Waals surface area contributed by atoms with E-state index in [0.29, 0.717) is 29.8 Å². The smallest absolute Gasteiger partial charge is 0.247 e. The molecule has 2 rings (SSSR count). The Bertz CT molecular complexity index is 570. The molecular weight excluding hydrogens is 242 g/mol. The SMILES string of the molecule is CCOc1cc(N)cc(-c2nnc(C(C)(C)C)o2)c1. The van der Waals surface area contributed by atoms with Gasteiger partial charge in [-0.3, -0.25) is 0 Å². The van der Waals surface area contributed by atoms with Gasteiger partial charge in [-0.15, -0.1) is 10.2 Å². The van der Waals surface area contributed by atoms with E-state index in [1.807, 2.05) is 33.8 Å². The zero-order valence-corrected chi connectivity index (χ0v) is 11.7. The Morgan fingerprint density at radius 1 is 1.21 bits per heavy atom. The largest absolute Gasteiger partial charge is 0.494 e. The van der Waals surface area contributed by atoms with Crippen molar-refractivity contribution in [3.63, 3.8) is 0 Å². The average Bonchev–Trinajstić information content (AvgIpc) is 2.77. The van der Waals surface area contributed by atoms with Crippen molar-refractivity contribution in [2.75, 3.05) is 12.3 Å². The number of nitrogens with zero attached hydrogens (tertiary/aromatic N) is 2. The van der Waals surface area contributed by atoms with Crippen LogP contribution >= 0.6 is 0 Å².